The maximum atomic E-state index is 11.3. The molecule has 0 aliphatic carbocycles. The van der Waals surface area contributed by atoms with E-state index in [1.165, 1.54) is 12.8 Å². The summed E-state index contributed by atoms with van der Waals surface area (Å²) in [5.74, 6) is 0.639. The van der Waals surface area contributed by atoms with Gasteiger partial charge in [0.05, 0.1) is 0 Å². The topological polar surface area (TPSA) is 41.1 Å². The van der Waals surface area contributed by atoms with Gasteiger partial charge < -0.3 is 10.6 Å². The first-order chi connectivity index (χ1) is 6.18. The summed E-state index contributed by atoms with van der Waals surface area (Å²) in [6, 6.07) is 0.510. The fourth-order valence-electron chi connectivity index (χ4n) is 1.61. The SMILES string of the molecule is CC(C)CC(=O)NC[C@@H]1CCCN1. The van der Waals surface area contributed by atoms with Crippen LogP contribution in [0.25, 0.3) is 0 Å². The molecule has 3 heteroatoms. The molecule has 1 aliphatic rings. The van der Waals surface area contributed by atoms with Crippen LogP contribution in [-0.4, -0.2) is 25.0 Å². The summed E-state index contributed by atoms with van der Waals surface area (Å²) in [7, 11) is 0. The van der Waals surface area contributed by atoms with Crippen LogP contribution in [0, 0.1) is 5.92 Å². The molecule has 0 spiro atoms. The van der Waals surface area contributed by atoms with Crippen LogP contribution in [0.3, 0.4) is 0 Å². The number of amides is 1. The third-order valence-corrected chi connectivity index (χ3v) is 2.30. The lowest BCUT2D eigenvalue weighted by Crippen LogP contribution is -2.37. The van der Waals surface area contributed by atoms with Crippen LogP contribution in [0.4, 0.5) is 0 Å². The van der Waals surface area contributed by atoms with Crippen molar-refractivity contribution in [3.63, 3.8) is 0 Å². The summed E-state index contributed by atoms with van der Waals surface area (Å²) in [5.41, 5.74) is 0. The van der Waals surface area contributed by atoms with Gasteiger partial charge in [0.1, 0.15) is 0 Å². The van der Waals surface area contributed by atoms with E-state index in [4.69, 9.17) is 0 Å². The van der Waals surface area contributed by atoms with Crippen LogP contribution in [0.1, 0.15) is 33.1 Å². The second-order valence-electron chi connectivity index (χ2n) is 4.20. The van der Waals surface area contributed by atoms with E-state index in [1.807, 2.05) is 0 Å². The summed E-state index contributed by atoms with van der Waals surface area (Å²) in [6.07, 6.45) is 3.08. The van der Waals surface area contributed by atoms with Crippen LogP contribution >= 0.6 is 0 Å². The van der Waals surface area contributed by atoms with Crippen molar-refractivity contribution < 1.29 is 4.79 Å². The zero-order valence-electron chi connectivity index (χ0n) is 8.60. The van der Waals surface area contributed by atoms with Crippen molar-refractivity contribution in [2.24, 2.45) is 5.92 Å². The van der Waals surface area contributed by atoms with Crippen LogP contribution in [0.5, 0.6) is 0 Å². The summed E-state index contributed by atoms with van der Waals surface area (Å²) in [5, 5.41) is 6.31. The van der Waals surface area contributed by atoms with E-state index in [2.05, 4.69) is 24.5 Å². The molecule has 0 aromatic rings. The van der Waals surface area contributed by atoms with E-state index in [0.717, 1.165) is 13.1 Å². The Labute approximate surface area is 80.3 Å². The third-order valence-electron chi connectivity index (χ3n) is 2.30. The molecule has 1 aliphatic heterocycles. The van der Waals surface area contributed by atoms with Crippen LogP contribution < -0.4 is 10.6 Å². The number of carbonyl (C=O) groups excluding carboxylic acids is 1. The Balaban J connectivity index is 2.07. The summed E-state index contributed by atoms with van der Waals surface area (Å²) < 4.78 is 0. The molecule has 1 amide bonds. The first kappa shape index (κ1) is 10.5. The van der Waals surface area contributed by atoms with Gasteiger partial charge in [-0.15, -0.1) is 0 Å². The Morgan fingerprint density at radius 3 is 2.92 bits per heavy atom. The standard InChI is InChI=1S/C10H20N2O/c1-8(2)6-10(13)12-7-9-4-3-5-11-9/h8-9,11H,3-7H2,1-2H3,(H,12,13)/t9-/m0/s1. The zero-order valence-corrected chi connectivity index (χ0v) is 8.60. The average molecular weight is 184 g/mol. The van der Waals surface area contributed by atoms with Gasteiger partial charge in [-0.1, -0.05) is 13.8 Å². The molecule has 0 aromatic carbocycles. The van der Waals surface area contributed by atoms with Crippen molar-refractivity contribution in [3.8, 4) is 0 Å². The Bertz CT molecular complexity index is 162. The van der Waals surface area contributed by atoms with Gasteiger partial charge in [0, 0.05) is 19.0 Å². The molecular weight excluding hydrogens is 164 g/mol. The minimum absolute atomic E-state index is 0.184. The molecule has 1 saturated heterocycles. The largest absolute Gasteiger partial charge is 0.355 e. The molecule has 0 saturated carbocycles. The van der Waals surface area contributed by atoms with Gasteiger partial charge in [-0.3, -0.25) is 4.79 Å². The Kier molecular flexibility index (Phi) is 4.22. The number of rotatable bonds is 4. The normalized spacial score (nSPS) is 22.2. The minimum atomic E-state index is 0.184. The fraction of sp³-hybridized carbons (Fsp3) is 0.900. The van der Waals surface area contributed by atoms with Crippen LogP contribution in [-0.2, 0) is 4.79 Å². The predicted molar refractivity (Wildman–Crippen MR) is 53.5 cm³/mol. The van der Waals surface area contributed by atoms with Gasteiger partial charge >= 0.3 is 0 Å². The number of hydrogen-bond acceptors (Lipinski definition) is 2. The van der Waals surface area contributed by atoms with E-state index in [0.29, 0.717) is 18.4 Å². The molecule has 1 fully saturated rings. The molecule has 0 unspecified atom stereocenters. The maximum Gasteiger partial charge on any atom is 0.220 e. The second-order valence-corrected chi connectivity index (χ2v) is 4.20. The van der Waals surface area contributed by atoms with E-state index >= 15 is 0 Å². The number of hydrogen-bond donors (Lipinski definition) is 2. The molecule has 0 radical (unpaired) electrons. The molecule has 3 nitrogen and oxygen atoms in total. The first-order valence-corrected chi connectivity index (χ1v) is 5.18. The highest BCUT2D eigenvalue weighted by molar-refractivity contribution is 5.76. The summed E-state index contributed by atoms with van der Waals surface area (Å²) in [4.78, 5) is 11.3. The zero-order chi connectivity index (χ0) is 9.68. The predicted octanol–water partition coefficient (Wildman–Crippen LogP) is 0.901. The van der Waals surface area contributed by atoms with Crippen molar-refractivity contribution in [1.29, 1.82) is 0 Å². The van der Waals surface area contributed by atoms with Crippen molar-refractivity contribution in [2.75, 3.05) is 13.1 Å². The summed E-state index contributed by atoms with van der Waals surface area (Å²) >= 11 is 0. The van der Waals surface area contributed by atoms with E-state index in [1.54, 1.807) is 0 Å². The van der Waals surface area contributed by atoms with Gasteiger partial charge in [-0.05, 0) is 25.3 Å². The molecule has 13 heavy (non-hydrogen) atoms. The van der Waals surface area contributed by atoms with Crippen molar-refractivity contribution in [3.05, 3.63) is 0 Å². The van der Waals surface area contributed by atoms with Crippen molar-refractivity contribution >= 4 is 5.91 Å². The molecule has 1 rings (SSSR count). The van der Waals surface area contributed by atoms with Gasteiger partial charge in [0.15, 0.2) is 0 Å². The van der Waals surface area contributed by atoms with Gasteiger partial charge in [0.2, 0.25) is 5.91 Å². The van der Waals surface area contributed by atoms with Gasteiger partial charge in [-0.2, -0.15) is 0 Å². The highest BCUT2D eigenvalue weighted by Gasteiger charge is 2.14. The Morgan fingerprint density at radius 2 is 2.38 bits per heavy atom. The molecular formula is C10H20N2O. The Hall–Kier alpha value is -0.570. The number of nitrogens with one attached hydrogen (secondary N) is 2. The molecule has 76 valence electrons. The highest BCUT2D eigenvalue weighted by Crippen LogP contribution is 2.04. The first-order valence-electron chi connectivity index (χ1n) is 5.18. The smallest absolute Gasteiger partial charge is 0.220 e. The molecule has 1 atom stereocenters. The fourth-order valence-corrected chi connectivity index (χ4v) is 1.61. The van der Waals surface area contributed by atoms with Gasteiger partial charge in [0.25, 0.3) is 0 Å². The van der Waals surface area contributed by atoms with E-state index in [9.17, 15) is 4.79 Å². The lowest BCUT2D eigenvalue weighted by molar-refractivity contribution is -0.121. The van der Waals surface area contributed by atoms with Crippen LogP contribution in [0.2, 0.25) is 0 Å². The van der Waals surface area contributed by atoms with Crippen LogP contribution in [0.15, 0.2) is 0 Å². The third kappa shape index (κ3) is 4.27. The molecule has 0 bridgehead atoms. The molecule has 0 aromatic heterocycles. The van der Waals surface area contributed by atoms with E-state index in [-0.39, 0.29) is 5.91 Å². The minimum Gasteiger partial charge on any atom is -0.355 e. The Morgan fingerprint density at radius 1 is 1.62 bits per heavy atom. The van der Waals surface area contributed by atoms with E-state index < -0.39 is 0 Å². The lowest BCUT2D eigenvalue weighted by atomic mass is 10.1. The number of carbonyl (C=O) groups is 1. The monoisotopic (exact) mass is 184 g/mol. The molecule has 2 N–H and O–H groups in total. The van der Waals surface area contributed by atoms with Crippen molar-refractivity contribution in [2.45, 2.75) is 39.2 Å². The van der Waals surface area contributed by atoms with Crippen molar-refractivity contribution in [1.82, 2.24) is 10.6 Å². The lowest BCUT2D eigenvalue weighted by Gasteiger charge is -2.12. The van der Waals surface area contributed by atoms with Gasteiger partial charge in [-0.25, -0.2) is 0 Å². The highest BCUT2D eigenvalue weighted by atomic mass is 16.1. The summed E-state index contributed by atoms with van der Waals surface area (Å²) in [6.45, 7) is 6.02. The second kappa shape index (κ2) is 5.22. The molecule has 1 heterocycles. The maximum absolute atomic E-state index is 11.3. The average Bonchev–Trinajstić information content (AvgIpc) is 2.51. The quantitative estimate of drug-likeness (QED) is 0.681.